The molecule has 1 aliphatic heterocycles. The normalized spacial score (nSPS) is 16.4. The Hall–Kier alpha value is -2.46. The smallest absolute Gasteiger partial charge is 0.242 e. The third-order valence-corrected chi connectivity index (χ3v) is 5.99. The summed E-state index contributed by atoms with van der Waals surface area (Å²) in [7, 11) is 0. The van der Waals surface area contributed by atoms with Crippen LogP contribution in [0.3, 0.4) is 0 Å². The Labute approximate surface area is 152 Å². The van der Waals surface area contributed by atoms with Crippen molar-refractivity contribution >= 4 is 23.4 Å². The number of rotatable bonds is 2. The molecule has 4 rings (SSSR count). The average Bonchev–Trinajstić information content (AvgIpc) is 2.89. The maximum absolute atomic E-state index is 12.7. The molecule has 4 heteroatoms. The zero-order valence-corrected chi connectivity index (χ0v) is 15.4. The van der Waals surface area contributed by atoms with Crippen molar-refractivity contribution in [3.8, 4) is 5.69 Å². The monoisotopic (exact) mass is 348 g/mol. The lowest BCUT2D eigenvalue weighted by atomic mass is 10.1. The van der Waals surface area contributed by atoms with Crippen LogP contribution in [-0.2, 0) is 4.79 Å². The maximum Gasteiger partial charge on any atom is 0.242 e. The van der Waals surface area contributed by atoms with E-state index in [1.165, 1.54) is 5.56 Å². The summed E-state index contributed by atoms with van der Waals surface area (Å²) in [5, 5.41) is 2.82. The summed E-state index contributed by atoms with van der Waals surface area (Å²) in [5.41, 5.74) is 6.62. The Morgan fingerprint density at radius 3 is 2.48 bits per heavy atom. The van der Waals surface area contributed by atoms with E-state index >= 15 is 0 Å². The van der Waals surface area contributed by atoms with Gasteiger partial charge in [0.25, 0.3) is 0 Å². The molecule has 0 radical (unpaired) electrons. The molecule has 1 aromatic heterocycles. The van der Waals surface area contributed by atoms with Gasteiger partial charge in [0.1, 0.15) is 5.25 Å². The summed E-state index contributed by atoms with van der Waals surface area (Å²) < 4.78 is 2.23. The van der Waals surface area contributed by atoms with Crippen LogP contribution >= 0.6 is 11.8 Å². The molecule has 0 unspecified atom stereocenters. The number of carbonyl (C=O) groups excluding carboxylic acids is 1. The van der Waals surface area contributed by atoms with Crippen molar-refractivity contribution in [2.24, 2.45) is 0 Å². The molecule has 0 aliphatic carbocycles. The number of nitrogens with one attached hydrogen (secondary N) is 1. The van der Waals surface area contributed by atoms with Crippen molar-refractivity contribution in [1.82, 2.24) is 4.57 Å². The van der Waals surface area contributed by atoms with Crippen molar-refractivity contribution in [3.63, 3.8) is 0 Å². The molecule has 2 heterocycles. The number of benzene rings is 2. The quantitative estimate of drug-likeness (QED) is 0.692. The van der Waals surface area contributed by atoms with E-state index in [-0.39, 0.29) is 11.2 Å². The van der Waals surface area contributed by atoms with Gasteiger partial charge in [0, 0.05) is 22.0 Å². The van der Waals surface area contributed by atoms with Gasteiger partial charge in [0.05, 0.1) is 5.69 Å². The van der Waals surface area contributed by atoms with Crippen molar-refractivity contribution < 1.29 is 4.79 Å². The molecule has 1 atom stereocenters. The summed E-state index contributed by atoms with van der Waals surface area (Å²) in [6.07, 6.45) is 0. The summed E-state index contributed by atoms with van der Waals surface area (Å²) in [4.78, 5) is 13.8. The van der Waals surface area contributed by atoms with Gasteiger partial charge in [-0.1, -0.05) is 29.8 Å². The fourth-order valence-electron chi connectivity index (χ4n) is 3.40. The van der Waals surface area contributed by atoms with Gasteiger partial charge < -0.3 is 9.88 Å². The van der Waals surface area contributed by atoms with Gasteiger partial charge in [-0.05, 0) is 56.7 Å². The molecular weight excluding hydrogens is 328 g/mol. The van der Waals surface area contributed by atoms with Crippen molar-refractivity contribution in [1.29, 1.82) is 0 Å². The van der Waals surface area contributed by atoms with Gasteiger partial charge in [0.2, 0.25) is 5.91 Å². The lowest BCUT2D eigenvalue weighted by Crippen LogP contribution is -2.23. The number of amides is 1. The van der Waals surface area contributed by atoms with Crippen LogP contribution in [0.25, 0.3) is 5.69 Å². The zero-order valence-electron chi connectivity index (χ0n) is 14.5. The summed E-state index contributed by atoms with van der Waals surface area (Å²) in [5.74, 6) is 0.0489. The van der Waals surface area contributed by atoms with Crippen LogP contribution in [0.1, 0.15) is 27.8 Å². The second-order valence-corrected chi connectivity index (χ2v) is 7.63. The molecule has 0 saturated carbocycles. The second kappa shape index (κ2) is 6.12. The standard InChI is InChI=1S/C21H20N2OS/c1-13-8-10-16(11-9-13)23-14(2)12-17(15(23)3)20-21(24)22-18-6-4-5-7-19(18)25-20/h4-12,20H,1-3H3,(H,22,24)/t20-/m0/s1. The van der Waals surface area contributed by atoms with Crippen molar-refractivity contribution in [3.05, 3.63) is 77.1 Å². The molecule has 126 valence electrons. The minimum absolute atomic E-state index is 0.0489. The number of fused-ring (bicyclic) bond motifs is 1. The van der Waals surface area contributed by atoms with Gasteiger partial charge >= 0.3 is 0 Å². The molecule has 0 bridgehead atoms. The second-order valence-electron chi connectivity index (χ2n) is 6.48. The average molecular weight is 348 g/mol. The fraction of sp³-hybridized carbons (Fsp3) is 0.190. The SMILES string of the molecule is Cc1ccc(-n2c(C)cc([C@@H]3Sc4ccccc4NC3=O)c2C)cc1. The Bertz CT molecular complexity index is 957. The Kier molecular flexibility index (Phi) is 3.92. The van der Waals surface area contributed by atoms with E-state index < -0.39 is 0 Å². The lowest BCUT2D eigenvalue weighted by molar-refractivity contribution is -0.115. The van der Waals surface area contributed by atoms with Crippen molar-refractivity contribution in [2.45, 2.75) is 30.9 Å². The van der Waals surface area contributed by atoms with Crippen LogP contribution in [0, 0.1) is 20.8 Å². The van der Waals surface area contributed by atoms with E-state index in [0.717, 1.165) is 33.2 Å². The third kappa shape index (κ3) is 2.76. The number of aryl methyl sites for hydroxylation is 2. The minimum atomic E-state index is -0.222. The first-order valence-corrected chi connectivity index (χ1v) is 9.25. The van der Waals surface area contributed by atoms with Crippen LogP contribution in [0.15, 0.2) is 59.5 Å². The first-order chi connectivity index (χ1) is 12.0. The molecular formula is C21H20N2OS. The number of hydrogen-bond donors (Lipinski definition) is 1. The van der Waals surface area contributed by atoms with Gasteiger partial charge in [-0.3, -0.25) is 4.79 Å². The first-order valence-electron chi connectivity index (χ1n) is 8.37. The fourth-order valence-corrected chi connectivity index (χ4v) is 4.59. The summed E-state index contributed by atoms with van der Waals surface area (Å²) in [6, 6.07) is 18.6. The third-order valence-electron chi connectivity index (χ3n) is 4.67. The van der Waals surface area contributed by atoms with Crippen LogP contribution < -0.4 is 5.32 Å². The van der Waals surface area contributed by atoms with E-state index in [0.29, 0.717) is 0 Å². The number of hydrogen-bond acceptors (Lipinski definition) is 2. The number of nitrogens with zero attached hydrogens (tertiary/aromatic N) is 1. The number of anilines is 1. The maximum atomic E-state index is 12.7. The predicted molar refractivity (Wildman–Crippen MR) is 104 cm³/mol. The van der Waals surface area contributed by atoms with Gasteiger partial charge in [-0.15, -0.1) is 11.8 Å². The van der Waals surface area contributed by atoms with Gasteiger partial charge in [-0.25, -0.2) is 0 Å². The highest BCUT2D eigenvalue weighted by Crippen LogP contribution is 2.45. The van der Waals surface area contributed by atoms with Crippen LogP contribution in [0.4, 0.5) is 5.69 Å². The van der Waals surface area contributed by atoms with E-state index in [1.807, 2.05) is 18.2 Å². The van der Waals surface area contributed by atoms with E-state index in [9.17, 15) is 4.79 Å². The molecule has 0 fully saturated rings. The molecule has 1 amide bonds. The minimum Gasteiger partial charge on any atom is -0.324 e. The highest BCUT2D eigenvalue weighted by atomic mass is 32.2. The molecule has 0 spiro atoms. The van der Waals surface area contributed by atoms with E-state index in [4.69, 9.17) is 0 Å². The van der Waals surface area contributed by atoms with Crippen LogP contribution in [0.5, 0.6) is 0 Å². The van der Waals surface area contributed by atoms with Gasteiger partial charge in [-0.2, -0.15) is 0 Å². The van der Waals surface area contributed by atoms with E-state index in [2.05, 4.69) is 67.1 Å². The molecule has 3 nitrogen and oxygen atoms in total. The molecule has 2 aromatic carbocycles. The van der Waals surface area contributed by atoms with Crippen molar-refractivity contribution in [2.75, 3.05) is 5.32 Å². The zero-order chi connectivity index (χ0) is 17.6. The number of carbonyl (C=O) groups is 1. The molecule has 1 aliphatic rings. The topological polar surface area (TPSA) is 34.0 Å². The Morgan fingerprint density at radius 2 is 1.72 bits per heavy atom. The van der Waals surface area contributed by atoms with E-state index in [1.54, 1.807) is 11.8 Å². The molecule has 0 saturated heterocycles. The lowest BCUT2D eigenvalue weighted by Gasteiger charge is -2.24. The molecule has 25 heavy (non-hydrogen) atoms. The number of aromatic nitrogens is 1. The van der Waals surface area contributed by atoms with Crippen LogP contribution in [0.2, 0.25) is 0 Å². The summed E-state index contributed by atoms with van der Waals surface area (Å²) in [6.45, 7) is 6.28. The summed E-state index contributed by atoms with van der Waals surface area (Å²) >= 11 is 1.63. The Morgan fingerprint density at radius 1 is 1.00 bits per heavy atom. The predicted octanol–water partition coefficient (Wildman–Crippen LogP) is 5.19. The highest BCUT2D eigenvalue weighted by Gasteiger charge is 2.31. The first kappa shape index (κ1) is 16.0. The largest absolute Gasteiger partial charge is 0.324 e. The molecule has 1 N–H and O–H groups in total. The number of thioether (sulfide) groups is 1. The highest BCUT2D eigenvalue weighted by molar-refractivity contribution is 8.00. The molecule has 3 aromatic rings. The number of para-hydroxylation sites is 1. The Balaban J connectivity index is 1.76. The van der Waals surface area contributed by atoms with Gasteiger partial charge in [0.15, 0.2) is 0 Å². The van der Waals surface area contributed by atoms with Crippen LogP contribution in [-0.4, -0.2) is 10.5 Å².